The van der Waals surface area contributed by atoms with E-state index in [9.17, 15) is 14.3 Å². The monoisotopic (exact) mass is 504 g/mol. The molecular weight excluding hydrogens is 479 g/mol. The molecule has 38 heavy (non-hydrogen) atoms. The number of aromatic amines is 1. The van der Waals surface area contributed by atoms with E-state index in [4.69, 9.17) is 4.74 Å². The first-order valence-corrected chi connectivity index (χ1v) is 12.4. The smallest absolute Gasteiger partial charge is 0.262 e. The average Bonchev–Trinajstić information content (AvgIpc) is 3.20. The second-order valence-electron chi connectivity index (χ2n) is 9.32. The molecule has 0 spiro atoms. The summed E-state index contributed by atoms with van der Waals surface area (Å²) in [6, 6.07) is 29.4. The van der Waals surface area contributed by atoms with Crippen LogP contribution in [-0.4, -0.2) is 14.7 Å². The zero-order valence-electron chi connectivity index (χ0n) is 20.7. The summed E-state index contributed by atoms with van der Waals surface area (Å²) >= 11 is 0. The quantitative estimate of drug-likeness (QED) is 0.261. The van der Waals surface area contributed by atoms with Gasteiger partial charge in [0.2, 0.25) is 5.88 Å². The van der Waals surface area contributed by atoms with Gasteiger partial charge in [-0.05, 0) is 47.4 Å². The van der Waals surface area contributed by atoms with Gasteiger partial charge in [-0.15, -0.1) is 0 Å². The lowest BCUT2D eigenvalue weighted by atomic mass is 10.00. The molecule has 0 aliphatic heterocycles. The number of hydrogen-bond donors (Lipinski definition) is 2. The molecule has 6 rings (SSSR count). The molecule has 0 unspecified atom stereocenters. The van der Waals surface area contributed by atoms with Crippen molar-refractivity contribution in [2.24, 2.45) is 0 Å². The van der Waals surface area contributed by atoms with Gasteiger partial charge in [-0.3, -0.25) is 9.36 Å². The molecule has 188 valence electrons. The van der Waals surface area contributed by atoms with Crippen molar-refractivity contribution in [1.29, 1.82) is 0 Å². The Labute approximate surface area is 218 Å². The largest absolute Gasteiger partial charge is 0.494 e. The minimum atomic E-state index is -0.491. The van der Waals surface area contributed by atoms with Crippen LogP contribution in [0.2, 0.25) is 0 Å². The number of ether oxygens (including phenoxy) is 1. The summed E-state index contributed by atoms with van der Waals surface area (Å²) < 4.78 is 21.6. The summed E-state index contributed by atoms with van der Waals surface area (Å²) in [6.07, 6.45) is 1.31. The van der Waals surface area contributed by atoms with Crippen molar-refractivity contribution in [2.75, 3.05) is 0 Å². The van der Waals surface area contributed by atoms with Crippen LogP contribution in [0.15, 0.2) is 108 Å². The summed E-state index contributed by atoms with van der Waals surface area (Å²) in [5.41, 5.74) is 3.66. The summed E-state index contributed by atoms with van der Waals surface area (Å²) in [5.74, 6) is -0.156. The minimum Gasteiger partial charge on any atom is -0.494 e. The Hall–Kier alpha value is -4.84. The highest BCUT2D eigenvalue weighted by atomic mass is 19.1. The maximum Gasteiger partial charge on any atom is 0.262 e. The van der Waals surface area contributed by atoms with Crippen LogP contribution in [0.25, 0.3) is 21.7 Å². The molecule has 0 atom stereocenters. The first kappa shape index (κ1) is 23.6. The standard InChI is InChI=1S/C32H25FN2O3/c1-20-25-13-8-18-34-28(25)30(38-29(22-9-4-2-5-10-22)23-11-6-3-7-12-23)27-26(20)31(36)35(32(27)37)19-21-14-16-24(33)17-15-21/h2-18,29,34,37H,19H2,1H3. The molecule has 5 nitrogen and oxygen atoms in total. The molecule has 0 bridgehead atoms. The average molecular weight is 505 g/mol. The van der Waals surface area contributed by atoms with Gasteiger partial charge in [0.15, 0.2) is 5.75 Å². The number of aromatic nitrogens is 2. The lowest BCUT2D eigenvalue weighted by molar-refractivity contribution is 0.252. The third kappa shape index (κ3) is 4.00. The SMILES string of the molecule is Cc1c2ccc[nH]c2c(OC(c2ccccc2)c2ccccc2)c2c(O)n(Cc3ccc(F)cc3)c(=O)c12. The van der Waals surface area contributed by atoms with Crippen molar-refractivity contribution in [1.82, 2.24) is 9.55 Å². The van der Waals surface area contributed by atoms with Gasteiger partial charge in [0, 0.05) is 11.6 Å². The Kier molecular flexibility index (Phi) is 5.92. The third-order valence-electron chi connectivity index (χ3n) is 6.97. The Bertz CT molecular complexity index is 1770. The first-order valence-electron chi connectivity index (χ1n) is 12.4. The zero-order valence-corrected chi connectivity index (χ0v) is 20.7. The first-order chi connectivity index (χ1) is 18.5. The number of halogens is 1. The lowest BCUT2D eigenvalue weighted by Crippen LogP contribution is -2.16. The molecule has 2 aromatic heterocycles. The lowest BCUT2D eigenvalue weighted by Gasteiger charge is -2.22. The Balaban J connectivity index is 1.61. The fraction of sp³-hybridized carbons (Fsp3) is 0.0938. The number of pyridine rings is 1. The number of rotatable bonds is 6. The number of aromatic hydroxyl groups is 1. The van der Waals surface area contributed by atoms with E-state index >= 15 is 0 Å². The predicted octanol–water partition coefficient (Wildman–Crippen LogP) is 6.85. The van der Waals surface area contributed by atoms with E-state index in [1.165, 1.54) is 16.7 Å². The minimum absolute atomic E-state index is 0.0966. The molecule has 2 N–H and O–H groups in total. The van der Waals surface area contributed by atoms with E-state index in [2.05, 4.69) is 4.98 Å². The number of H-pyrrole nitrogens is 1. The van der Waals surface area contributed by atoms with Crippen LogP contribution >= 0.6 is 0 Å². The van der Waals surface area contributed by atoms with Crippen LogP contribution in [0, 0.1) is 12.7 Å². The molecular formula is C32H25FN2O3. The van der Waals surface area contributed by atoms with E-state index in [-0.39, 0.29) is 23.8 Å². The van der Waals surface area contributed by atoms with Gasteiger partial charge in [-0.25, -0.2) is 4.39 Å². The molecule has 0 saturated heterocycles. The van der Waals surface area contributed by atoms with Crippen LogP contribution in [0.1, 0.15) is 28.4 Å². The van der Waals surface area contributed by atoms with Gasteiger partial charge < -0.3 is 14.8 Å². The van der Waals surface area contributed by atoms with Gasteiger partial charge in [0.1, 0.15) is 11.9 Å². The molecule has 0 aliphatic rings. The predicted molar refractivity (Wildman–Crippen MR) is 147 cm³/mol. The Morgan fingerprint density at radius 3 is 2.13 bits per heavy atom. The molecule has 0 fully saturated rings. The maximum atomic E-state index is 13.7. The number of aryl methyl sites for hydroxylation is 1. The Morgan fingerprint density at radius 1 is 0.868 bits per heavy atom. The van der Waals surface area contributed by atoms with Crippen LogP contribution in [-0.2, 0) is 6.54 Å². The normalized spacial score (nSPS) is 11.4. The van der Waals surface area contributed by atoms with Crippen molar-refractivity contribution in [2.45, 2.75) is 19.6 Å². The molecule has 0 radical (unpaired) electrons. The van der Waals surface area contributed by atoms with Crippen molar-refractivity contribution >= 4 is 21.7 Å². The molecule has 6 aromatic rings. The van der Waals surface area contributed by atoms with Crippen molar-refractivity contribution in [3.63, 3.8) is 0 Å². The van der Waals surface area contributed by atoms with Crippen LogP contribution in [0.3, 0.4) is 0 Å². The highest BCUT2D eigenvalue weighted by Gasteiger charge is 2.27. The molecule has 0 aliphatic carbocycles. The number of hydrogen-bond acceptors (Lipinski definition) is 3. The van der Waals surface area contributed by atoms with Crippen molar-refractivity contribution < 1.29 is 14.2 Å². The van der Waals surface area contributed by atoms with E-state index in [0.29, 0.717) is 27.6 Å². The summed E-state index contributed by atoms with van der Waals surface area (Å²) in [4.78, 5) is 17.0. The molecule has 6 heteroatoms. The third-order valence-corrected chi connectivity index (χ3v) is 6.97. The zero-order chi connectivity index (χ0) is 26.2. The highest BCUT2D eigenvalue weighted by molar-refractivity contribution is 6.09. The number of nitrogens with zero attached hydrogens (tertiary/aromatic N) is 1. The number of fused-ring (bicyclic) bond motifs is 2. The van der Waals surface area contributed by atoms with E-state index in [1.54, 1.807) is 18.3 Å². The topological polar surface area (TPSA) is 67.2 Å². The van der Waals surface area contributed by atoms with Gasteiger partial charge >= 0.3 is 0 Å². The van der Waals surface area contributed by atoms with Gasteiger partial charge in [-0.1, -0.05) is 78.9 Å². The van der Waals surface area contributed by atoms with Crippen LogP contribution in [0.4, 0.5) is 4.39 Å². The fourth-order valence-electron chi connectivity index (χ4n) is 5.08. The Morgan fingerprint density at radius 2 is 1.50 bits per heavy atom. The van der Waals surface area contributed by atoms with Gasteiger partial charge in [0.25, 0.3) is 5.56 Å². The van der Waals surface area contributed by atoms with E-state index in [0.717, 1.165) is 22.1 Å². The summed E-state index contributed by atoms with van der Waals surface area (Å²) in [7, 11) is 0. The molecule has 2 heterocycles. The van der Waals surface area contributed by atoms with Crippen molar-refractivity contribution in [3.8, 4) is 11.6 Å². The van der Waals surface area contributed by atoms with E-state index < -0.39 is 6.10 Å². The van der Waals surface area contributed by atoms with Crippen LogP contribution < -0.4 is 10.3 Å². The molecule has 0 saturated carbocycles. The van der Waals surface area contributed by atoms with E-state index in [1.807, 2.05) is 79.7 Å². The molecule has 4 aromatic carbocycles. The highest BCUT2D eigenvalue weighted by Crippen LogP contribution is 2.43. The summed E-state index contributed by atoms with van der Waals surface area (Å²) in [5, 5.41) is 13.1. The van der Waals surface area contributed by atoms with Crippen LogP contribution in [0.5, 0.6) is 11.6 Å². The molecule has 0 amide bonds. The number of benzene rings is 4. The van der Waals surface area contributed by atoms with Gasteiger partial charge in [0.05, 0.1) is 22.8 Å². The van der Waals surface area contributed by atoms with Crippen molar-refractivity contribution in [3.05, 3.63) is 142 Å². The fourth-order valence-corrected chi connectivity index (χ4v) is 5.08. The number of nitrogens with one attached hydrogen (secondary N) is 1. The second kappa shape index (κ2) is 9.56. The second-order valence-corrected chi connectivity index (χ2v) is 9.32. The van der Waals surface area contributed by atoms with Gasteiger partial charge in [-0.2, -0.15) is 0 Å². The summed E-state index contributed by atoms with van der Waals surface area (Å²) in [6.45, 7) is 1.97. The maximum absolute atomic E-state index is 13.7.